The standard InChI is InChI=1S/C19H23NO4/c1-14-6-4-5-7-18(14)23-13-12-20-19(21)15(2)24-17-10-8-16(22-3)9-11-17/h4-11,15H,12-13H2,1-3H3,(H,20,21). The van der Waals surface area contributed by atoms with E-state index < -0.39 is 6.10 Å². The van der Waals surface area contributed by atoms with Gasteiger partial charge in [0.1, 0.15) is 23.9 Å². The fourth-order valence-corrected chi connectivity index (χ4v) is 2.11. The molecule has 5 nitrogen and oxygen atoms in total. The monoisotopic (exact) mass is 329 g/mol. The lowest BCUT2D eigenvalue weighted by atomic mass is 10.2. The molecule has 0 aromatic heterocycles. The maximum Gasteiger partial charge on any atom is 0.260 e. The minimum atomic E-state index is -0.586. The summed E-state index contributed by atoms with van der Waals surface area (Å²) in [5, 5.41) is 2.80. The third-order valence-electron chi connectivity index (χ3n) is 3.49. The van der Waals surface area contributed by atoms with E-state index >= 15 is 0 Å². The van der Waals surface area contributed by atoms with Crippen LogP contribution in [0.2, 0.25) is 0 Å². The first-order valence-corrected chi connectivity index (χ1v) is 7.87. The highest BCUT2D eigenvalue weighted by molar-refractivity contribution is 5.80. The summed E-state index contributed by atoms with van der Waals surface area (Å²) in [6.45, 7) is 4.52. The number of methoxy groups -OCH3 is 1. The minimum Gasteiger partial charge on any atom is -0.497 e. The molecule has 1 atom stereocenters. The van der Waals surface area contributed by atoms with Crippen molar-refractivity contribution in [2.45, 2.75) is 20.0 Å². The molecule has 0 radical (unpaired) electrons. The van der Waals surface area contributed by atoms with Crippen molar-refractivity contribution >= 4 is 5.91 Å². The summed E-state index contributed by atoms with van der Waals surface area (Å²) in [5.74, 6) is 2.01. The second kappa shape index (κ2) is 8.82. The molecule has 0 saturated carbocycles. The molecule has 5 heteroatoms. The first kappa shape index (κ1) is 17.7. The number of amides is 1. The van der Waals surface area contributed by atoms with E-state index in [0.717, 1.165) is 17.1 Å². The maximum atomic E-state index is 12.0. The zero-order valence-electron chi connectivity index (χ0n) is 14.2. The van der Waals surface area contributed by atoms with Gasteiger partial charge in [0.05, 0.1) is 13.7 Å². The summed E-state index contributed by atoms with van der Waals surface area (Å²) >= 11 is 0. The van der Waals surface area contributed by atoms with Crippen LogP contribution in [0, 0.1) is 6.92 Å². The highest BCUT2D eigenvalue weighted by Gasteiger charge is 2.14. The molecule has 1 amide bonds. The van der Waals surface area contributed by atoms with E-state index in [1.165, 1.54) is 0 Å². The van der Waals surface area contributed by atoms with Crippen molar-refractivity contribution in [3.63, 3.8) is 0 Å². The van der Waals surface area contributed by atoms with Gasteiger partial charge in [-0.1, -0.05) is 18.2 Å². The van der Waals surface area contributed by atoms with Gasteiger partial charge in [-0.05, 0) is 49.7 Å². The van der Waals surface area contributed by atoms with Crippen LogP contribution in [0.5, 0.6) is 17.2 Å². The molecule has 2 aromatic carbocycles. The van der Waals surface area contributed by atoms with Crippen LogP contribution >= 0.6 is 0 Å². The van der Waals surface area contributed by atoms with Crippen molar-refractivity contribution in [2.24, 2.45) is 0 Å². The molecule has 0 aliphatic carbocycles. The molecular weight excluding hydrogens is 306 g/mol. The van der Waals surface area contributed by atoms with Crippen LogP contribution in [0.1, 0.15) is 12.5 Å². The lowest BCUT2D eigenvalue weighted by molar-refractivity contribution is -0.127. The van der Waals surface area contributed by atoms with Gasteiger partial charge < -0.3 is 19.5 Å². The van der Waals surface area contributed by atoms with E-state index in [-0.39, 0.29) is 5.91 Å². The fraction of sp³-hybridized carbons (Fsp3) is 0.316. The predicted molar refractivity (Wildman–Crippen MR) is 92.8 cm³/mol. The Labute approximate surface area is 142 Å². The average molecular weight is 329 g/mol. The first-order valence-electron chi connectivity index (χ1n) is 7.87. The van der Waals surface area contributed by atoms with Gasteiger partial charge in [0.2, 0.25) is 0 Å². The van der Waals surface area contributed by atoms with Crippen molar-refractivity contribution in [1.29, 1.82) is 0 Å². The number of hydrogen-bond acceptors (Lipinski definition) is 4. The second-order valence-electron chi connectivity index (χ2n) is 5.34. The number of benzene rings is 2. The highest BCUT2D eigenvalue weighted by Crippen LogP contribution is 2.18. The number of rotatable bonds is 8. The number of hydrogen-bond donors (Lipinski definition) is 1. The Morgan fingerprint density at radius 1 is 1.08 bits per heavy atom. The molecular formula is C19H23NO4. The van der Waals surface area contributed by atoms with E-state index in [0.29, 0.717) is 18.9 Å². The van der Waals surface area contributed by atoms with Crippen LogP contribution in [-0.2, 0) is 4.79 Å². The smallest absolute Gasteiger partial charge is 0.260 e. The summed E-state index contributed by atoms with van der Waals surface area (Å²) in [6.07, 6.45) is -0.586. The molecule has 128 valence electrons. The van der Waals surface area contributed by atoms with Gasteiger partial charge in [-0.3, -0.25) is 4.79 Å². The van der Waals surface area contributed by atoms with E-state index in [1.807, 2.05) is 31.2 Å². The zero-order valence-corrected chi connectivity index (χ0v) is 14.2. The second-order valence-corrected chi connectivity index (χ2v) is 5.34. The molecule has 1 N–H and O–H groups in total. The van der Waals surface area contributed by atoms with Gasteiger partial charge in [0, 0.05) is 0 Å². The van der Waals surface area contributed by atoms with Crippen molar-refractivity contribution < 1.29 is 19.0 Å². The van der Waals surface area contributed by atoms with Gasteiger partial charge in [0.15, 0.2) is 6.10 Å². The molecule has 1 unspecified atom stereocenters. The van der Waals surface area contributed by atoms with Crippen molar-refractivity contribution in [3.05, 3.63) is 54.1 Å². The molecule has 0 aliphatic heterocycles. The Kier molecular flexibility index (Phi) is 6.49. The first-order chi connectivity index (χ1) is 11.6. The summed E-state index contributed by atoms with van der Waals surface area (Å²) in [6, 6.07) is 14.9. The number of carbonyl (C=O) groups is 1. The molecule has 0 bridgehead atoms. The molecule has 0 aliphatic rings. The van der Waals surface area contributed by atoms with Crippen molar-refractivity contribution in [2.75, 3.05) is 20.3 Å². The Hall–Kier alpha value is -2.69. The topological polar surface area (TPSA) is 56.8 Å². The van der Waals surface area contributed by atoms with E-state index in [1.54, 1.807) is 38.3 Å². The molecule has 2 aromatic rings. The van der Waals surface area contributed by atoms with E-state index in [9.17, 15) is 4.79 Å². The van der Waals surface area contributed by atoms with Gasteiger partial charge in [-0.2, -0.15) is 0 Å². The Balaban J connectivity index is 1.72. The fourth-order valence-electron chi connectivity index (χ4n) is 2.11. The van der Waals surface area contributed by atoms with Gasteiger partial charge in [-0.25, -0.2) is 0 Å². The summed E-state index contributed by atoms with van der Waals surface area (Å²) < 4.78 is 16.3. The van der Waals surface area contributed by atoms with Crippen LogP contribution in [0.25, 0.3) is 0 Å². The van der Waals surface area contributed by atoms with Gasteiger partial charge in [-0.15, -0.1) is 0 Å². The number of carbonyl (C=O) groups excluding carboxylic acids is 1. The maximum absolute atomic E-state index is 12.0. The zero-order chi connectivity index (χ0) is 17.4. The molecule has 0 heterocycles. The lowest BCUT2D eigenvalue weighted by Crippen LogP contribution is -2.38. The SMILES string of the molecule is COc1ccc(OC(C)C(=O)NCCOc2ccccc2C)cc1. The van der Waals surface area contributed by atoms with Crippen LogP contribution in [0.15, 0.2) is 48.5 Å². The lowest BCUT2D eigenvalue weighted by Gasteiger charge is -2.15. The molecule has 2 rings (SSSR count). The molecule has 0 saturated heterocycles. The number of aryl methyl sites for hydroxylation is 1. The largest absolute Gasteiger partial charge is 0.497 e. The van der Waals surface area contributed by atoms with Gasteiger partial charge >= 0.3 is 0 Å². The predicted octanol–water partition coefficient (Wildman–Crippen LogP) is 2.97. The Morgan fingerprint density at radius 3 is 2.42 bits per heavy atom. The third-order valence-corrected chi connectivity index (χ3v) is 3.49. The Bertz CT molecular complexity index is 655. The summed E-state index contributed by atoms with van der Waals surface area (Å²) in [5.41, 5.74) is 1.07. The third kappa shape index (κ3) is 5.19. The van der Waals surface area contributed by atoms with Crippen LogP contribution in [-0.4, -0.2) is 32.3 Å². The molecule has 24 heavy (non-hydrogen) atoms. The number of nitrogens with one attached hydrogen (secondary N) is 1. The minimum absolute atomic E-state index is 0.181. The van der Waals surface area contributed by atoms with E-state index in [4.69, 9.17) is 14.2 Å². The molecule has 0 fully saturated rings. The van der Waals surface area contributed by atoms with Crippen LogP contribution < -0.4 is 19.5 Å². The van der Waals surface area contributed by atoms with Crippen molar-refractivity contribution in [1.82, 2.24) is 5.32 Å². The van der Waals surface area contributed by atoms with E-state index in [2.05, 4.69) is 5.32 Å². The van der Waals surface area contributed by atoms with Crippen LogP contribution in [0.3, 0.4) is 0 Å². The average Bonchev–Trinajstić information content (AvgIpc) is 2.60. The van der Waals surface area contributed by atoms with Crippen LogP contribution in [0.4, 0.5) is 0 Å². The normalized spacial score (nSPS) is 11.5. The van der Waals surface area contributed by atoms with Crippen molar-refractivity contribution in [3.8, 4) is 17.2 Å². The number of ether oxygens (including phenoxy) is 3. The summed E-state index contributed by atoms with van der Waals surface area (Å²) in [4.78, 5) is 12.0. The molecule has 0 spiro atoms. The Morgan fingerprint density at radius 2 is 1.75 bits per heavy atom. The highest BCUT2D eigenvalue weighted by atomic mass is 16.5. The van der Waals surface area contributed by atoms with Gasteiger partial charge in [0.25, 0.3) is 5.91 Å². The summed E-state index contributed by atoms with van der Waals surface area (Å²) in [7, 11) is 1.60. The quantitative estimate of drug-likeness (QED) is 0.757. The number of para-hydroxylation sites is 1.